The predicted octanol–water partition coefficient (Wildman–Crippen LogP) is 0.880. The summed E-state index contributed by atoms with van der Waals surface area (Å²) in [7, 11) is 0. The SMILES string of the molecule is O=c1ccccc(C23C4C2C43)c1O. The van der Waals surface area contributed by atoms with Gasteiger partial charge in [0.25, 0.3) is 0 Å². The highest BCUT2D eigenvalue weighted by atomic mass is 16.3. The average Bonchev–Trinajstić information content (AvgIpc) is 2.95. The topological polar surface area (TPSA) is 37.3 Å². The van der Waals surface area contributed by atoms with Crippen LogP contribution in [0.3, 0.4) is 0 Å². The third-order valence-corrected chi connectivity index (χ3v) is 3.92. The summed E-state index contributed by atoms with van der Waals surface area (Å²) in [4.78, 5) is 11.3. The molecule has 13 heavy (non-hydrogen) atoms. The number of rotatable bonds is 1. The molecule has 0 heterocycles. The van der Waals surface area contributed by atoms with Gasteiger partial charge in [0.2, 0.25) is 5.43 Å². The predicted molar refractivity (Wildman–Crippen MR) is 46.5 cm³/mol. The van der Waals surface area contributed by atoms with Crippen molar-refractivity contribution >= 4 is 0 Å². The van der Waals surface area contributed by atoms with Crippen molar-refractivity contribution in [3.63, 3.8) is 0 Å². The molecule has 1 aromatic rings. The summed E-state index contributed by atoms with van der Waals surface area (Å²) in [5.74, 6) is 2.48. The van der Waals surface area contributed by atoms with Crippen molar-refractivity contribution in [2.24, 2.45) is 17.8 Å². The van der Waals surface area contributed by atoms with Crippen LogP contribution in [0.2, 0.25) is 0 Å². The molecule has 4 aliphatic rings. The molecule has 0 bridgehead atoms. The number of aromatic hydroxyl groups is 1. The first-order chi connectivity index (χ1) is 6.29. The third-order valence-electron chi connectivity index (χ3n) is 3.92. The summed E-state index contributed by atoms with van der Waals surface area (Å²) in [5.41, 5.74) is 0.955. The molecule has 0 radical (unpaired) electrons. The lowest BCUT2D eigenvalue weighted by Crippen LogP contribution is -1.98. The van der Waals surface area contributed by atoms with Gasteiger partial charge in [-0.3, -0.25) is 4.79 Å². The zero-order valence-corrected chi connectivity index (χ0v) is 6.90. The molecular formula is C11H8O2. The minimum atomic E-state index is -0.244. The minimum Gasteiger partial charge on any atom is -0.504 e. The van der Waals surface area contributed by atoms with Gasteiger partial charge in [0.05, 0.1) is 0 Å². The van der Waals surface area contributed by atoms with Gasteiger partial charge >= 0.3 is 0 Å². The fourth-order valence-corrected chi connectivity index (χ4v) is 2.82. The van der Waals surface area contributed by atoms with Gasteiger partial charge in [-0.25, -0.2) is 0 Å². The Hall–Kier alpha value is -1.31. The average molecular weight is 172 g/mol. The summed E-state index contributed by atoms with van der Waals surface area (Å²) in [6.07, 6.45) is 0. The fourth-order valence-electron chi connectivity index (χ4n) is 2.82. The first-order valence-corrected chi connectivity index (χ1v) is 4.62. The normalized spacial score (nSPS) is 46.6. The van der Waals surface area contributed by atoms with E-state index in [0.29, 0.717) is 5.41 Å². The quantitative estimate of drug-likeness (QED) is 0.682. The molecule has 2 heteroatoms. The smallest absolute Gasteiger partial charge is 0.220 e. The van der Waals surface area contributed by atoms with Crippen LogP contribution < -0.4 is 5.43 Å². The van der Waals surface area contributed by atoms with Crippen LogP contribution >= 0.6 is 0 Å². The Kier molecular flexibility index (Phi) is 0.671. The standard InChI is InChI=1S/C11H8O2/c12-6-4-2-1-3-5(10(6)13)11-7-8(11)9(7)11/h1-4,7-9H,(H,12,13). The van der Waals surface area contributed by atoms with Gasteiger partial charge in [-0.2, -0.15) is 0 Å². The van der Waals surface area contributed by atoms with E-state index in [-0.39, 0.29) is 11.2 Å². The van der Waals surface area contributed by atoms with Gasteiger partial charge in [0.15, 0.2) is 5.75 Å². The second-order valence-electron chi connectivity index (χ2n) is 4.36. The van der Waals surface area contributed by atoms with E-state index in [9.17, 15) is 9.90 Å². The van der Waals surface area contributed by atoms with Gasteiger partial charge in [-0.15, -0.1) is 0 Å². The zero-order chi connectivity index (χ0) is 8.79. The Bertz CT molecular complexity index is 464. The lowest BCUT2D eigenvalue weighted by Gasteiger charge is -1.95. The van der Waals surface area contributed by atoms with Crippen LogP contribution in [-0.2, 0) is 5.41 Å². The Morgan fingerprint density at radius 1 is 1.15 bits per heavy atom. The van der Waals surface area contributed by atoms with Crippen LogP contribution in [0, 0.1) is 17.8 Å². The summed E-state index contributed by atoms with van der Waals surface area (Å²) in [6.45, 7) is 0. The molecule has 0 atom stereocenters. The summed E-state index contributed by atoms with van der Waals surface area (Å²) in [6, 6.07) is 6.86. The molecule has 64 valence electrons. The van der Waals surface area contributed by atoms with Gasteiger partial charge in [-0.05, 0) is 23.8 Å². The molecule has 5 rings (SSSR count). The van der Waals surface area contributed by atoms with Crippen LogP contribution in [0.1, 0.15) is 5.56 Å². The van der Waals surface area contributed by atoms with Crippen molar-refractivity contribution in [1.29, 1.82) is 0 Å². The summed E-state index contributed by atoms with van der Waals surface area (Å²) < 4.78 is 0. The maximum atomic E-state index is 11.3. The highest BCUT2D eigenvalue weighted by Gasteiger charge is 3.09. The second kappa shape index (κ2) is 1.41. The van der Waals surface area contributed by atoms with Crippen molar-refractivity contribution in [3.05, 3.63) is 40.1 Å². The maximum Gasteiger partial charge on any atom is 0.220 e. The van der Waals surface area contributed by atoms with Crippen molar-refractivity contribution in [2.45, 2.75) is 5.41 Å². The molecule has 4 saturated carbocycles. The van der Waals surface area contributed by atoms with E-state index in [0.717, 1.165) is 23.3 Å². The number of hydrogen-bond acceptors (Lipinski definition) is 2. The van der Waals surface area contributed by atoms with Crippen LogP contribution in [0.5, 0.6) is 5.75 Å². The van der Waals surface area contributed by atoms with Crippen LogP contribution in [-0.4, -0.2) is 5.11 Å². The molecule has 1 N–H and O–H groups in total. The largest absolute Gasteiger partial charge is 0.504 e. The van der Waals surface area contributed by atoms with Crippen molar-refractivity contribution < 1.29 is 5.11 Å². The Labute approximate surface area is 74.8 Å². The Morgan fingerprint density at radius 3 is 2.38 bits per heavy atom. The highest BCUT2D eigenvalue weighted by molar-refractivity contribution is 5.70. The summed E-state index contributed by atoms with van der Waals surface area (Å²) >= 11 is 0. The molecule has 4 fully saturated rings. The van der Waals surface area contributed by atoms with E-state index in [1.165, 1.54) is 6.07 Å². The van der Waals surface area contributed by atoms with Crippen molar-refractivity contribution in [3.8, 4) is 5.75 Å². The highest BCUT2D eigenvalue weighted by Crippen LogP contribution is 3.09. The lowest BCUT2D eigenvalue weighted by molar-refractivity contribution is 0.463. The van der Waals surface area contributed by atoms with Crippen LogP contribution in [0.15, 0.2) is 29.1 Å². The molecule has 0 aliphatic heterocycles. The van der Waals surface area contributed by atoms with Crippen molar-refractivity contribution in [2.75, 3.05) is 0 Å². The molecule has 0 unspecified atom stereocenters. The first kappa shape index (κ1) is 6.19. The molecule has 0 aromatic heterocycles. The van der Waals surface area contributed by atoms with E-state index < -0.39 is 0 Å². The van der Waals surface area contributed by atoms with E-state index in [1.54, 1.807) is 6.07 Å². The van der Waals surface area contributed by atoms with Crippen LogP contribution in [0.25, 0.3) is 0 Å². The fraction of sp³-hybridized carbons (Fsp3) is 0.364. The summed E-state index contributed by atoms with van der Waals surface area (Å²) in [5, 5.41) is 9.66. The second-order valence-corrected chi connectivity index (χ2v) is 4.36. The lowest BCUT2D eigenvalue weighted by atomic mass is 10.1. The molecule has 4 aliphatic carbocycles. The van der Waals surface area contributed by atoms with E-state index >= 15 is 0 Å². The zero-order valence-electron chi connectivity index (χ0n) is 6.90. The molecule has 0 saturated heterocycles. The third kappa shape index (κ3) is 0.464. The Morgan fingerprint density at radius 2 is 1.77 bits per heavy atom. The molecular weight excluding hydrogens is 164 g/mol. The van der Waals surface area contributed by atoms with Crippen molar-refractivity contribution in [1.82, 2.24) is 0 Å². The van der Waals surface area contributed by atoms with E-state index in [2.05, 4.69) is 0 Å². The minimum absolute atomic E-state index is 0.0162. The van der Waals surface area contributed by atoms with Gasteiger partial charge in [-0.1, -0.05) is 18.2 Å². The van der Waals surface area contributed by atoms with E-state index in [4.69, 9.17) is 0 Å². The maximum absolute atomic E-state index is 11.3. The monoisotopic (exact) mass is 172 g/mol. The first-order valence-electron chi connectivity index (χ1n) is 4.62. The Balaban J connectivity index is 2.03. The van der Waals surface area contributed by atoms with E-state index in [1.807, 2.05) is 12.1 Å². The molecule has 0 spiro atoms. The molecule has 2 nitrogen and oxygen atoms in total. The van der Waals surface area contributed by atoms with Gasteiger partial charge in [0.1, 0.15) is 0 Å². The van der Waals surface area contributed by atoms with Crippen LogP contribution in [0.4, 0.5) is 0 Å². The molecule has 0 amide bonds. The van der Waals surface area contributed by atoms with Gasteiger partial charge in [0, 0.05) is 11.0 Å². The van der Waals surface area contributed by atoms with Gasteiger partial charge < -0.3 is 5.11 Å². The molecule has 1 aromatic carbocycles. The number of hydrogen-bond donors (Lipinski definition) is 1.